The van der Waals surface area contributed by atoms with E-state index in [1.807, 2.05) is 24.4 Å². The van der Waals surface area contributed by atoms with Gasteiger partial charge in [-0.25, -0.2) is 9.97 Å². The quantitative estimate of drug-likeness (QED) is 0.149. The summed E-state index contributed by atoms with van der Waals surface area (Å²) in [6.07, 6.45) is 1.85. The Morgan fingerprint density at radius 2 is 1.37 bits per heavy atom. The molecule has 9 rings (SSSR count). The predicted molar refractivity (Wildman–Crippen MR) is 229 cm³/mol. The zero-order chi connectivity index (χ0) is 38.6. The second-order valence-electron chi connectivity index (χ2n) is 16.6. The molecular weight excluding hydrogens is 882 g/mol. The Labute approximate surface area is 350 Å². The van der Waals surface area contributed by atoms with Gasteiger partial charge in [0.1, 0.15) is 0 Å². The molecule has 0 fully saturated rings. The number of anilines is 3. The maximum absolute atomic E-state index is 6.78. The van der Waals surface area contributed by atoms with Crippen LogP contribution in [-0.2, 0) is 38.4 Å². The van der Waals surface area contributed by atoms with Crippen molar-refractivity contribution in [2.24, 2.45) is 0 Å². The van der Waals surface area contributed by atoms with E-state index in [-0.39, 0.29) is 31.9 Å². The maximum Gasteiger partial charge on any atom is 0.232 e. The molecule has 0 bridgehead atoms. The largest absolute Gasteiger partial charge is 0.509 e. The average Bonchev–Trinajstić information content (AvgIpc) is 3.73. The van der Waals surface area contributed by atoms with Gasteiger partial charge in [-0.1, -0.05) is 132 Å². The van der Waals surface area contributed by atoms with Crippen LogP contribution in [0.2, 0.25) is 0 Å². The van der Waals surface area contributed by atoms with Gasteiger partial charge in [-0.3, -0.25) is 0 Å². The van der Waals surface area contributed by atoms with Crippen LogP contribution in [0, 0.1) is 18.8 Å². The molecule has 0 aliphatic carbocycles. The molecule has 0 N–H and O–H groups in total. The summed E-state index contributed by atoms with van der Waals surface area (Å²) in [5, 5.41) is 2.19. The number of para-hydroxylation sites is 2. The van der Waals surface area contributed by atoms with Gasteiger partial charge in [-0.2, -0.15) is 12.7 Å². The number of benzene rings is 6. The van der Waals surface area contributed by atoms with Crippen LogP contribution in [0.1, 0.15) is 58.4 Å². The number of hydrogen-bond acceptors (Lipinski definition) is 5. The molecule has 8 aromatic rings. The van der Waals surface area contributed by atoms with Crippen molar-refractivity contribution in [2.75, 3.05) is 9.80 Å². The predicted octanol–water partition coefficient (Wildman–Crippen LogP) is 12.5. The zero-order valence-corrected chi connectivity index (χ0v) is 35.3. The van der Waals surface area contributed by atoms with Crippen LogP contribution in [0.3, 0.4) is 0 Å². The molecule has 3 heterocycles. The fourth-order valence-corrected chi connectivity index (χ4v) is 7.43. The van der Waals surface area contributed by atoms with E-state index in [9.17, 15) is 0 Å². The molecule has 57 heavy (non-hydrogen) atoms. The van der Waals surface area contributed by atoms with Crippen LogP contribution in [0.4, 0.5) is 17.1 Å². The fraction of sp³-hybridized carbons (Fsp3) is 0.180. The van der Waals surface area contributed by atoms with Gasteiger partial charge in [0.05, 0.1) is 5.69 Å². The first-order chi connectivity index (χ1) is 27.0. The van der Waals surface area contributed by atoms with Crippen molar-refractivity contribution in [3.63, 3.8) is 0 Å². The molecule has 6 nitrogen and oxygen atoms in total. The van der Waals surface area contributed by atoms with Crippen LogP contribution in [0.25, 0.3) is 38.9 Å². The summed E-state index contributed by atoms with van der Waals surface area (Å²) in [7, 11) is 0. The van der Waals surface area contributed by atoms with E-state index >= 15 is 0 Å². The molecule has 0 spiro atoms. The Hall–Kier alpha value is -5.71. The van der Waals surface area contributed by atoms with E-state index in [1.165, 1.54) is 11.1 Å². The van der Waals surface area contributed by atoms with Crippen LogP contribution in [0.5, 0.6) is 11.5 Å². The molecule has 7 heteroatoms. The van der Waals surface area contributed by atoms with Crippen molar-refractivity contribution in [2.45, 2.75) is 58.9 Å². The number of rotatable bonds is 7. The molecule has 0 unspecified atom stereocenters. The third-order valence-electron chi connectivity index (χ3n) is 10.4. The minimum Gasteiger partial charge on any atom is -0.509 e. The van der Waals surface area contributed by atoms with Gasteiger partial charge in [0, 0.05) is 67.6 Å². The summed E-state index contributed by atoms with van der Waals surface area (Å²) < 4.78 is 8.90. The molecule has 0 atom stereocenters. The van der Waals surface area contributed by atoms with Crippen molar-refractivity contribution in [1.29, 1.82) is 0 Å². The smallest absolute Gasteiger partial charge is 0.232 e. The molecule has 0 saturated carbocycles. The number of nitrogens with zero attached hydrogens (tertiary/aromatic N) is 5. The van der Waals surface area contributed by atoms with Crippen molar-refractivity contribution in [1.82, 2.24) is 14.5 Å². The van der Waals surface area contributed by atoms with Crippen molar-refractivity contribution in [3.8, 4) is 28.6 Å². The summed E-state index contributed by atoms with van der Waals surface area (Å²) >= 11 is 0. The summed E-state index contributed by atoms with van der Waals surface area (Å²) in [6.45, 7) is 16.2. The maximum atomic E-state index is 6.78. The van der Waals surface area contributed by atoms with E-state index < -0.39 is 0 Å². The first kappa shape index (κ1) is 38.2. The molecule has 1 aliphatic rings. The normalized spacial score (nSPS) is 12.9. The third-order valence-corrected chi connectivity index (χ3v) is 10.4. The minimum atomic E-state index is -0.142. The molecule has 0 radical (unpaired) electrons. The van der Waals surface area contributed by atoms with E-state index in [0.717, 1.165) is 62.2 Å². The Balaban J connectivity index is 0.00000455. The number of fused-ring (bicyclic) bond motifs is 4. The topological polar surface area (TPSA) is 46.4 Å². The van der Waals surface area contributed by atoms with E-state index in [2.05, 4.69) is 190 Å². The van der Waals surface area contributed by atoms with Crippen LogP contribution >= 0.6 is 0 Å². The van der Waals surface area contributed by atoms with Gasteiger partial charge in [0.15, 0.2) is 0 Å². The van der Waals surface area contributed by atoms with E-state index in [0.29, 0.717) is 17.4 Å². The summed E-state index contributed by atoms with van der Waals surface area (Å²) in [4.78, 5) is 14.4. The van der Waals surface area contributed by atoms with Gasteiger partial charge >= 0.3 is 0 Å². The van der Waals surface area contributed by atoms with Crippen LogP contribution < -0.4 is 14.5 Å². The standard InChI is InChI=1S/C50H44N5O.Pt/c1-49(2,3)37-21-24-43-42(29-37)41-23-22-39(31-46(41)55(43)48-51-26-25-47(52-48)50(4,5)6)56-40-28-36(35-17-11-8-12-18-35)27-38(30-40)54-33-53(32-34-15-9-7-10-16-34)44-19-13-14-20-45(44)54;/h7-29,33H,32H2,1-6H3;/q-3;. The zero-order valence-electron chi connectivity index (χ0n) is 33.0. The molecule has 288 valence electrons. The molecule has 2 aromatic heterocycles. The van der Waals surface area contributed by atoms with Crippen molar-refractivity contribution >= 4 is 38.9 Å². The molecule has 1 aliphatic heterocycles. The van der Waals surface area contributed by atoms with Gasteiger partial charge in [0.25, 0.3) is 0 Å². The van der Waals surface area contributed by atoms with Crippen LogP contribution in [-0.4, -0.2) is 14.5 Å². The van der Waals surface area contributed by atoms with Crippen molar-refractivity contribution in [3.05, 3.63) is 175 Å². The molecule has 0 saturated heterocycles. The molecule has 0 amide bonds. The first-order valence-electron chi connectivity index (χ1n) is 19.2. The fourth-order valence-electron chi connectivity index (χ4n) is 7.43. The van der Waals surface area contributed by atoms with E-state index in [4.69, 9.17) is 14.7 Å². The summed E-state index contributed by atoms with van der Waals surface area (Å²) in [6, 6.07) is 53.8. The Morgan fingerprint density at radius 1 is 0.649 bits per heavy atom. The second-order valence-corrected chi connectivity index (χ2v) is 16.6. The first-order valence-corrected chi connectivity index (χ1v) is 19.2. The SMILES string of the molecule is CC(C)(C)c1ccc2c(c1)c1ccc(Oc3[c-]c(N4[CH-]N(Cc5ccccc5)c5ccccc54)cc(-c4ccccc4)c3)[c-]c1n2-c1nccc(C(C)(C)C)n1.[Pt]. The molecular formula is C50H44N5OPt-3. The van der Waals surface area contributed by atoms with Crippen LogP contribution in [0.15, 0.2) is 140 Å². The third kappa shape index (κ3) is 7.47. The number of aromatic nitrogens is 3. The average molecular weight is 926 g/mol. The summed E-state index contributed by atoms with van der Waals surface area (Å²) in [5.41, 5.74) is 10.4. The minimum absolute atomic E-state index is 0. The number of hydrogen-bond donors (Lipinski definition) is 0. The molecule has 6 aromatic carbocycles. The Morgan fingerprint density at radius 3 is 2.11 bits per heavy atom. The van der Waals surface area contributed by atoms with Crippen molar-refractivity contribution < 1.29 is 25.8 Å². The Kier molecular flexibility index (Phi) is 10.0. The van der Waals surface area contributed by atoms with Gasteiger partial charge < -0.3 is 19.1 Å². The van der Waals surface area contributed by atoms with Gasteiger partial charge in [-0.05, 0) is 51.8 Å². The Bertz CT molecular complexity index is 2710. The summed E-state index contributed by atoms with van der Waals surface area (Å²) in [5.74, 6) is 1.78. The number of ether oxygens (including phenoxy) is 1. The van der Waals surface area contributed by atoms with E-state index in [1.54, 1.807) is 0 Å². The van der Waals surface area contributed by atoms with Gasteiger partial charge in [0.2, 0.25) is 5.95 Å². The van der Waals surface area contributed by atoms with Gasteiger partial charge in [-0.15, -0.1) is 47.0 Å². The second kappa shape index (κ2) is 15.0. The monoisotopic (exact) mass is 925 g/mol.